The first-order valence-electron chi connectivity index (χ1n) is 4.23. The Morgan fingerprint density at radius 1 is 1.21 bits per heavy atom. The van der Waals surface area contributed by atoms with Crippen LogP contribution in [0.3, 0.4) is 0 Å². The average molecular weight is 187 g/mol. The lowest BCUT2D eigenvalue weighted by Crippen LogP contribution is -2.22. The van der Waals surface area contributed by atoms with Crippen molar-refractivity contribution in [3.05, 3.63) is 47.0 Å². The fraction of sp³-hybridized carbons (Fsp3) is 0.100. The largest absolute Gasteiger partial charge is 0.293 e. The molecule has 0 aliphatic carbocycles. The minimum atomic E-state index is -0.182. The molecule has 70 valence electrons. The molecule has 1 aromatic carbocycles. The molecule has 14 heavy (non-hydrogen) atoms. The van der Waals surface area contributed by atoms with Gasteiger partial charge in [0.25, 0.3) is 5.56 Å². The molecule has 0 aliphatic rings. The number of nitrogens with zero attached hydrogens (tertiary/aromatic N) is 3. The fourth-order valence-electron chi connectivity index (χ4n) is 1.22. The van der Waals surface area contributed by atoms with Gasteiger partial charge in [-0.05, 0) is 0 Å². The van der Waals surface area contributed by atoms with Gasteiger partial charge in [0.05, 0.1) is 0 Å². The van der Waals surface area contributed by atoms with E-state index in [0.29, 0.717) is 5.69 Å². The Balaban J connectivity index is 2.64. The standard InChI is InChI=1S/C10H9N3O/c1-13-10(14)9(11-7-12-13)8-5-3-2-4-6-8/h2-7H,1H3. The first-order chi connectivity index (χ1) is 6.79. The van der Waals surface area contributed by atoms with E-state index in [4.69, 9.17) is 0 Å². The lowest BCUT2D eigenvalue weighted by molar-refractivity contribution is 0.691. The van der Waals surface area contributed by atoms with E-state index >= 15 is 0 Å². The Morgan fingerprint density at radius 2 is 1.93 bits per heavy atom. The third-order valence-corrected chi connectivity index (χ3v) is 1.96. The number of hydrogen-bond donors (Lipinski definition) is 0. The third kappa shape index (κ3) is 1.42. The molecule has 1 heterocycles. The predicted octanol–water partition coefficient (Wildman–Crippen LogP) is 0.842. The smallest absolute Gasteiger partial charge is 0.265 e. The Labute approximate surface area is 80.9 Å². The first kappa shape index (κ1) is 8.62. The van der Waals surface area contributed by atoms with Gasteiger partial charge in [-0.15, -0.1) is 0 Å². The fourth-order valence-corrected chi connectivity index (χ4v) is 1.22. The SMILES string of the molecule is Cn1ncnc(-c2ccccc2)c1=O. The van der Waals surface area contributed by atoms with Crippen molar-refractivity contribution in [2.75, 3.05) is 0 Å². The van der Waals surface area contributed by atoms with Crippen LogP contribution in [-0.4, -0.2) is 14.8 Å². The summed E-state index contributed by atoms with van der Waals surface area (Å²) in [4.78, 5) is 15.6. The van der Waals surface area contributed by atoms with Crippen LogP contribution in [0.1, 0.15) is 0 Å². The van der Waals surface area contributed by atoms with Crippen LogP contribution in [0.2, 0.25) is 0 Å². The van der Waals surface area contributed by atoms with Crippen LogP contribution in [0.15, 0.2) is 41.5 Å². The van der Waals surface area contributed by atoms with Crippen molar-refractivity contribution in [1.82, 2.24) is 14.8 Å². The van der Waals surface area contributed by atoms with Gasteiger partial charge in [0.15, 0.2) is 0 Å². The van der Waals surface area contributed by atoms with Gasteiger partial charge in [-0.25, -0.2) is 9.67 Å². The van der Waals surface area contributed by atoms with Crippen molar-refractivity contribution in [1.29, 1.82) is 0 Å². The van der Waals surface area contributed by atoms with E-state index in [2.05, 4.69) is 10.1 Å². The molecule has 0 aliphatic heterocycles. The minimum Gasteiger partial charge on any atom is -0.265 e. The topological polar surface area (TPSA) is 47.8 Å². The summed E-state index contributed by atoms with van der Waals surface area (Å²) in [7, 11) is 1.61. The van der Waals surface area contributed by atoms with E-state index in [1.807, 2.05) is 30.3 Å². The van der Waals surface area contributed by atoms with Gasteiger partial charge in [-0.1, -0.05) is 30.3 Å². The molecule has 0 radical (unpaired) electrons. The van der Waals surface area contributed by atoms with Crippen LogP contribution < -0.4 is 5.56 Å². The maximum Gasteiger partial charge on any atom is 0.293 e. The Morgan fingerprint density at radius 3 is 2.64 bits per heavy atom. The van der Waals surface area contributed by atoms with Gasteiger partial charge in [-0.2, -0.15) is 5.10 Å². The van der Waals surface area contributed by atoms with E-state index < -0.39 is 0 Å². The van der Waals surface area contributed by atoms with Crippen LogP contribution in [0.4, 0.5) is 0 Å². The van der Waals surface area contributed by atoms with Crippen LogP contribution in [0.25, 0.3) is 11.3 Å². The molecule has 4 heteroatoms. The van der Waals surface area contributed by atoms with Crippen LogP contribution in [0, 0.1) is 0 Å². The second kappa shape index (κ2) is 3.41. The van der Waals surface area contributed by atoms with Crippen molar-refractivity contribution >= 4 is 0 Å². The molecule has 1 aromatic heterocycles. The quantitative estimate of drug-likeness (QED) is 0.664. The molecular formula is C10H9N3O. The molecule has 0 N–H and O–H groups in total. The van der Waals surface area contributed by atoms with Gasteiger partial charge in [0, 0.05) is 12.6 Å². The molecular weight excluding hydrogens is 178 g/mol. The summed E-state index contributed by atoms with van der Waals surface area (Å²) in [6.07, 6.45) is 1.38. The van der Waals surface area contributed by atoms with E-state index in [0.717, 1.165) is 5.56 Å². The van der Waals surface area contributed by atoms with E-state index in [1.165, 1.54) is 11.0 Å². The Hall–Kier alpha value is -1.97. The van der Waals surface area contributed by atoms with Crippen molar-refractivity contribution in [2.24, 2.45) is 7.05 Å². The highest BCUT2D eigenvalue weighted by Crippen LogP contribution is 2.09. The molecule has 2 aromatic rings. The zero-order chi connectivity index (χ0) is 9.97. The van der Waals surface area contributed by atoms with Crippen molar-refractivity contribution in [2.45, 2.75) is 0 Å². The van der Waals surface area contributed by atoms with Gasteiger partial charge in [0.2, 0.25) is 0 Å². The molecule has 0 saturated heterocycles. The van der Waals surface area contributed by atoms with Gasteiger partial charge >= 0.3 is 0 Å². The Kier molecular flexibility index (Phi) is 2.10. The summed E-state index contributed by atoms with van der Waals surface area (Å²) in [5, 5.41) is 3.76. The summed E-state index contributed by atoms with van der Waals surface area (Å²) in [6, 6.07) is 9.34. The van der Waals surface area contributed by atoms with E-state index in [1.54, 1.807) is 7.05 Å². The highest BCUT2D eigenvalue weighted by Gasteiger charge is 2.04. The number of hydrogen-bond acceptors (Lipinski definition) is 3. The zero-order valence-electron chi connectivity index (χ0n) is 7.71. The summed E-state index contributed by atoms with van der Waals surface area (Å²) in [5.74, 6) is 0. The van der Waals surface area contributed by atoms with E-state index in [-0.39, 0.29) is 5.56 Å². The van der Waals surface area contributed by atoms with Gasteiger partial charge in [0.1, 0.15) is 12.0 Å². The van der Waals surface area contributed by atoms with Crippen molar-refractivity contribution in [3.8, 4) is 11.3 Å². The molecule has 0 bridgehead atoms. The number of benzene rings is 1. The monoisotopic (exact) mass is 187 g/mol. The molecule has 0 spiro atoms. The highest BCUT2D eigenvalue weighted by atomic mass is 16.1. The van der Waals surface area contributed by atoms with Gasteiger partial charge < -0.3 is 0 Å². The molecule has 0 atom stereocenters. The molecule has 0 amide bonds. The normalized spacial score (nSPS) is 10.1. The second-order valence-corrected chi connectivity index (χ2v) is 2.90. The van der Waals surface area contributed by atoms with Crippen molar-refractivity contribution in [3.63, 3.8) is 0 Å². The second-order valence-electron chi connectivity index (χ2n) is 2.90. The van der Waals surface area contributed by atoms with Gasteiger partial charge in [-0.3, -0.25) is 4.79 Å². The van der Waals surface area contributed by atoms with Crippen LogP contribution in [0.5, 0.6) is 0 Å². The summed E-state index contributed by atoms with van der Waals surface area (Å²) in [5.41, 5.74) is 1.07. The number of aromatic nitrogens is 3. The summed E-state index contributed by atoms with van der Waals surface area (Å²) in [6.45, 7) is 0. The number of rotatable bonds is 1. The average Bonchev–Trinajstić information content (AvgIpc) is 2.23. The summed E-state index contributed by atoms with van der Waals surface area (Å²) < 4.78 is 1.27. The van der Waals surface area contributed by atoms with Crippen molar-refractivity contribution < 1.29 is 0 Å². The predicted molar refractivity (Wildman–Crippen MR) is 52.7 cm³/mol. The molecule has 0 fully saturated rings. The molecule has 0 unspecified atom stereocenters. The first-order valence-corrected chi connectivity index (χ1v) is 4.23. The lowest BCUT2D eigenvalue weighted by Gasteiger charge is -2.00. The molecule has 2 rings (SSSR count). The lowest BCUT2D eigenvalue weighted by atomic mass is 10.2. The molecule has 0 saturated carbocycles. The van der Waals surface area contributed by atoms with Crippen LogP contribution in [-0.2, 0) is 7.05 Å². The maximum absolute atomic E-state index is 11.6. The zero-order valence-corrected chi connectivity index (χ0v) is 7.71. The summed E-state index contributed by atoms with van der Waals surface area (Å²) >= 11 is 0. The maximum atomic E-state index is 11.6. The highest BCUT2D eigenvalue weighted by molar-refractivity contribution is 5.56. The number of aryl methyl sites for hydroxylation is 1. The Bertz CT molecular complexity index is 490. The van der Waals surface area contributed by atoms with E-state index in [9.17, 15) is 4.79 Å². The third-order valence-electron chi connectivity index (χ3n) is 1.96. The minimum absolute atomic E-state index is 0.182. The van der Waals surface area contributed by atoms with Crippen LogP contribution >= 0.6 is 0 Å². The molecule has 4 nitrogen and oxygen atoms in total.